The molecule has 0 heterocycles. The molecule has 0 unspecified atom stereocenters. The summed E-state index contributed by atoms with van der Waals surface area (Å²) >= 11 is 0. The van der Waals surface area contributed by atoms with Crippen LogP contribution in [0.25, 0.3) is 0 Å². The molecule has 0 spiro atoms. The van der Waals surface area contributed by atoms with Gasteiger partial charge < -0.3 is 10.2 Å². The summed E-state index contributed by atoms with van der Waals surface area (Å²) in [6, 6.07) is 2.54. The number of hydrogen-bond acceptors (Lipinski definition) is 4. The van der Waals surface area contributed by atoms with Crippen molar-refractivity contribution >= 4 is 17.5 Å². The zero-order valence-corrected chi connectivity index (χ0v) is 15.4. The van der Waals surface area contributed by atoms with E-state index in [2.05, 4.69) is 0 Å². The summed E-state index contributed by atoms with van der Waals surface area (Å²) in [6.07, 6.45) is 5.23. The maximum atomic E-state index is 13.2. The van der Waals surface area contributed by atoms with E-state index in [-0.39, 0.29) is 24.2 Å². The summed E-state index contributed by atoms with van der Waals surface area (Å²) in [5, 5.41) is 18.7. The third kappa shape index (κ3) is 6.34. The molecule has 1 aromatic rings. The van der Waals surface area contributed by atoms with E-state index in [1.807, 2.05) is 0 Å². The number of hydrogen-bond donors (Lipinski definition) is 2. The second kappa shape index (κ2) is 10.2. The molecule has 1 saturated carbocycles. The Hall–Kier alpha value is -2.41. The molecule has 0 radical (unpaired) electrons. The number of carbonyl (C=O) groups is 3. The molecule has 2 N–H and O–H groups in total. The summed E-state index contributed by atoms with van der Waals surface area (Å²) in [5.41, 5.74) is -0.137. The van der Waals surface area contributed by atoms with Crippen molar-refractivity contribution < 1.29 is 33.4 Å². The first kappa shape index (κ1) is 21.9. The molecular weight excluding hydrogens is 370 g/mol. The highest BCUT2D eigenvalue weighted by Crippen LogP contribution is 2.34. The minimum absolute atomic E-state index is 0.0153. The first-order valence-corrected chi connectivity index (χ1v) is 9.39. The number of carboxylic acids is 1. The minimum atomic E-state index is -0.891. The molecule has 1 aliphatic carbocycles. The quantitative estimate of drug-likeness (QED) is 0.359. The number of ketones is 2. The maximum absolute atomic E-state index is 13.2. The largest absolute Gasteiger partial charge is 0.481 e. The third-order valence-electron chi connectivity index (χ3n) is 5.01. The van der Waals surface area contributed by atoms with Gasteiger partial charge in [0.15, 0.2) is 5.78 Å². The lowest BCUT2D eigenvalue weighted by atomic mass is 9.88. The van der Waals surface area contributed by atoms with Crippen LogP contribution in [0.1, 0.15) is 55.3 Å². The molecule has 0 aromatic heterocycles. The lowest BCUT2D eigenvalue weighted by molar-refractivity contribution is -0.137. The molecule has 2 rings (SSSR count). The van der Waals surface area contributed by atoms with E-state index in [1.54, 1.807) is 0 Å². The Morgan fingerprint density at radius 1 is 1.07 bits per heavy atom. The third-order valence-corrected chi connectivity index (χ3v) is 5.01. The Morgan fingerprint density at radius 3 is 2.36 bits per heavy atom. The number of carboxylic acid groups (broad SMARTS) is 1. The number of rotatable bonds is 10. The number of aliphatic hydroxyl groups is 1. The van der Waals surface area contributed by atoms with Crippen LogP contribution in [0.3, 0.4) is 0 Å². The number of aliphatic carboxylic acids is 1. The van der Waals surface area contributed by atoms with E-state index in [0.29, 0.717) is 18.9 Å². The van der Waals surface area contributed by atoms with Gasteiger partial charge >= 0.3 is 5.97 Å². The Morgan fingerprint density at radius 2 is 1.71 bits per heavy atom. The van der Waals surface area contributed by atoms with Crippen LogP contribution in [-0.4, -0.2) is 33.9 Å². The predicted octanol–water partition coefficient (Wildman–Crippen LogP) is 3.70. The van der Waals surface area contributed by atoms with Crippen LogP contribution in [-0.2, 0) is 9.59 Å². The van der Waals surface area contributed by atoms with Gasteiger partial charge in [-0.3, -0.25) is 14.4 Å². The Balaban J connectivity index is 1.93. The highest BCUT2D eigenvalue weighted by atomic mass is 19.1. The zero-order valence-electron chi connectivity index (χ0n) is 15.4. The number of benzene rings is 1. The standard InChI is InChI=1S/C21H24F2O5/c22-14-9-13(10-15(23)11-14)18(24)8-7-17-16(19(25)12-20(17)26)5-3-1-2-4-6-21(27)28/h7-11,16-17,20,26H,1-6,12H2,(H,27,28)/t16-,17-,20+/m0/s1. The van der Waals surface area contributed by atoms with Gasteiger partial charge in [-0.2, -0.15) is 0 Å². The van der Waals surface area contributed by atoms with E-state index in [4.69, 9.17) is 5.11 Å². The van der Waals surface area contributed by atoms with Gasteiger partial charge in [0.25, 0.3) is 0 Å². The second-order valence-electron chi connectivity index (χ2n) is 7.15. The predicted molar refractivity (Wildman–Crippen MR) is 97.8 cm³/mol. The number of aliphatic hydroxyl groups excluding tert-OH is 1. The summed E-state index contributed by atoms with van der Waals surface area (Å²) < 4.78 is 26.5. The lowest BCUT2D eigenvalue weighted by Crippen LogP contribution is -2.19. The average molecular weight is 394 g/mol. The van der Waals surface area contributed by atoms with Crippen molar-refractivity contribution in [2.24, 2.45) is 11.8 Å². The summed E-state index contributed by atoms with van der Waals surface area (Å²) in [6.45, 7) is 0. The van der Waals surface area contributed by atoms with Crippen LogP contribution in [0, 0.1) is 23.5 Å². The maximum Gasteiger partial charge on any atom is 0.303 e. The molecule has 1 aromatic carbocycles. The van der Waals surface area contributed by atoms with Crippen molar-refractivity contribution in [3.8, 4) is 0 Å². The molecule has 1 aliphatic rings. The molecule has 3 atom stereocenters. The molecule has 28 heavy (non-hydrogen) atoms. The summed E-state index contributed by atoms with van der Waals surface area (Å²) in [4.78, 5) is 34.8. The van der Waals surface area contributed by atoms with Gasteiger partial charge in [-0.15, -0.1) is 0 Å². The van der Waals surface area contributed by atoms with E-state index in [1.165, 1.54) is 6.08 Å². The number of carbonyl (C=O) groups excluding carboxylic acids is 2. The van der Waals surface area contributed by atoms with E-state index in [9.17, 15) is 28.3 Å². The van der Waals surface area contributed by atoms with Crippen molar-refractivity contribution in [3.05, 3.63) is 47.5 Å². The lowest BCUT2D eigenvalue weighted by Gasteiger charge is -2.17. The molecule has 0 bridgehead atoms. The van der Waals surface area contributed by atoms with E-state index < -0.39 is 41.3 Å². The van der Waals surface area contributed by atoms with Crippen molar-refractivity contribution in [1.29, 1.82) is 0 Å². The second-order valence-corrected chi connectivity index (χ2v) is 7.15. The number of halogens is 2. The van der Waals surface area contributed by atoms with Crippen molar-refractivity contribution in [2.75, 3.05) is 0 Å². The van der Waals surface area contributed by atoms with Gasteiger partial charge in [0.05, 0.1) is 6.10 Å². The molecule has 1 fully saturated rings. The first-order chi connectivity index (χ1) is 13.3. The molecule has 7 heteroatoms. The van der Waals surface area contributed by atoms with Crippen molar-refractivity contribution in [1.82, 2.24) is 0 Å². The molecule has 0 aliphatic heterocycles. The van der Waals surface area contributed by atoms with Gasteiger partial charge in [-0.05, 0) is 31.1 Å². The van der Waals surface area contributed by atoms with Gasteiger partial charge in [0.2, 0.25) is 0 Å². The summed E-state index contributed by atoms with van der Waals surface area (Å²) in [7, 11) is 0. The number of allylic oxidation sites excluding steroid dienone is 1. The van der Waals surface area contributed by atoms with Gasteiger partial charge in [-0.25, -0.2) is 8.78 Å². The Bertz CT molecular complexity index is 739. The molecule has 0 saturated heterocycles. The fourth-order valence-electron chi connectivity index (χ4n) is 3.58. The van der Waals surface area contributed by atoms with Crippen molar-refractivity contribution in [2.45, 2.75) is 51.0 Å². The normalized spacial score (nSPS) is 22.1. The van der Waals surface area contributed by atoms with E-state index in [0.717, 1.165) is 37.5 Å². The smallest absolute Gasteiger partial charge is 0.303 e. The number of unbranched alkanes of at least 4 members (excludes halogenated alkanes) is 3. The fraction of sp³-hybridized carbons (Fsp3) is 0.476. The van der Waals surface area contributed by atoms with Gasteiger partial charge in [0, 0.05) is 36.3 Å². The summed E-state index contributed by atoms with van der Waals surface area (Å²) in [5.74, 6) is -4.14. The fourth-order valence-corrected chi connectivity index (χ4v) is 3.58. The van der Waals surface area contributed by atoms with Gasteiger partial charge in [-0.1, -0.05) is 25.3 Å². The van der Waals surface area contributed by atoms with Crippen LogP contribution in [0.5, 0.6) is 0 Å². The van der Waals surface area contributed by atoms with Crippen molar-refractivity contribution in [3.63, 3.8) is 0 Å². The van der Waals surface area contributed by atoms with Gasteiger partial charge in [0.1, 0.15) is 17.4 Å². The zero-order chi connectivity index (χ0) is 20.7. The van der Waals surface area contributed by atoms with E-state index >= 15 is 0 Å². The highest BCUT2D eigenvalue weighted by molar-refractivity contribution is 6.04. The minimum Gasteiger partial charge on any atom is -0.481 e. The number of Topliss-reactive ketones (excluding diaryl/α,β-unsaturated/α-hetero) is 1. The molecular formula is C21H24F2O5. The average Bonchev–Trinajstić information content (AvgIpc) is 2.87. The van der Waals surface area contributed by atoms with Crippen LogP contribution in [0.15, 0.2) is 30.4 Å². The highest BCUT2D eigenvalue weighted by Gasteiger charge is 2.39. The van der Waals surface area contributed by atoms with Crippen LogP contribution in [0.2, 0.25) is 0 Å². The first-order valence-electron chi connectivity index (χ1n) is 9.39. The SMILES string of the molecule is O=C(O)CCCCCC[C@@H]1C(=O)C[C@@H](O)[C@H]1C=CC(=O)c1cc(F)cc(F)c1. The molecule has 152 valence electrons. The Labute approximate surface area is 162 Å². The van der Waals surface area contributed by atoms with Crippen LogP contribution in [0.4, 0.5) is 8.78 Å². The van der Waals surface area contributed by atoms with Crippen LogP contribution >= 0.6 is 0 Å². The Kier molecular flexibility index (Phi) is 7.99. The monoisotopic (exact) mass is 394 g/mol. The molecule has 5 nitrogen and oxygen atoms in total. The topological polar surface area (TPSA) is 91.7 Å². The van der Waals surface area contributed by atoms with Crippen LogP contribution < -0.4 is 0 Å². The molecule has 0 amide bonds.